The van der Waals surface area contributed by atoms with E-state index in [4.69, 9.17) is 4.74 Å². The van der Waals surface area contributed by atoms with Gasteiger partial charge in [0.2, 0.25) is 10.0 Å². The monoisotopic (exact) mass is 499 g/mol. The topological polar surface area (TPSA) is 96.0 Å². The number of ether oxygens (including phenoxy) is 1. The summed E-state index contributed by atoms with van der Waals surface area (Å²) < 4.78 is 33.3. The Morgan fingerprint density at radius 2 is 1.63 bits per heavy atom. The lowest BCUT2D eigenvalue weighted by Crippen LogP contribution is -2.35. The van der Waals surface area contributed by atoms with E-state index in [9.17, 15) is 18.0 Å². The summed E-state index contributed by atoms with van der Waals surface area (Å²) in [5.74, 6) is -1.15. The quantitative estimate of drug-likeness (QED) is 0.555. The van der Waals surface area contributed by atoms with Crippen molar-refractivity contribution in [2.75, 3.05) is 43.0 Å². The summed E-state index contributed by atoms with van der Waals surface area (Å²) in [6.07, 6.45) is 5.44. The third kappa shape index (κ3) is 5.85. The van der Waals surface area contributed by atoms with Crippen LogP contribution in [0.4, 0.5) is 11.4 Å². The van der Waals surface area contributed by atoms with E-state index in [1.165, 1.54) is 10.4 Å². The van der Waals surface area contributed by atoms with E-state index < -0.39 is 28.5 Å². The molecule has 1 N–H and O–H groups in total. The molecule has 0 aromatic heterocycles. The lowest BCUT2D eigenvalue weighted by Gasteiger charge is -2.27. The first-order chi connectivity index (χ1) is 16.9. The highest BCUT2D eigenvalue weighted by Crippen LogP contribution is 2.30. The average molecular weight is 500 g/mol. The number of carbonyl (C=O) groups excluding carboxylic acids is 2. The maximum Gasteiger partial charge on any atom is 0.340 e. The number of nitrogens with zero attached hydrogens (tertiary/aromatic N) is 2. The second-order valence-electron chi connectivity index (χ2n) is 8.97. The number of piperidine rings is 1. The van der Waals surface area contributed by atoms with E-state index in [1.54, 1.807) is 18.2 Å². The van der Waals surface area contributed by atoms with Gasteiger partial charge in [-0.25, -0.2) is 13.2 Å². The summed E-state index contributed by atoms with van der Waals surface area (Å²) >= 11 is 0. The lowest BCUT2D eigenvalue weighted by atomic mass is 10.1. The molecule has 2 aromatic carbocycles. The predicted molar refractivity (Wildman–Crippen MR) is 135 cm³/mol. The molecule has 0 spiro atoms. The van der Waals surface area contributed by atoms with Crippen LogP contribution < -0.4 is 10.2 Å². The molecule has 0 unspecified atom stereocenters. The van der Waals surface area contributed by atoms with Crippen molar-refractivity contribution >= 4 is 33.3 Å². The molecule has 2 heterocycles. The van der Waals surface area contributed by atoms with E-state index in [1.807, 2.05) is 25.1 Å². The molecule has 0 aliphatic carbocycles. The second-order valence-corrected chi connectivity index (χ2v) is 10.9. The third-order valence-electron chi connectivity index (χ3n) is 6.59. The van der Waals surface area contributed by atoms with Crippen LogP contribution in [0.25, 0.3) is 0 Å². The van der Waals surface area contributed by atoms with Crippen molar-refractivity contribution in [3.05, 3.63) is 53.6 Å². The number of hydrogen-bond donors (Lipinski definition) is 1. The number of nitrogens with one attached hydrogen (secondary N) is 1. The fourth-order valence-electron chi connectivity index (χ4n) is 4.67. The Morgan fingerprint density at radius 1 is 0.943 bits per heavy atom. The van der Waals surface area contributed by atoms with Crippen LogP contribution in [0.15, 0.2) is 47.4 Å². The smallest absolute Gasteiger partial charge is 0.340 e. The van der Waals surface area contributed by atoms with Crippen LogP contribution in [0.2, 0.25) is 0 Å². The van der Waals surface area contributed by atoms with Crippen molar-refractivity contribution in [3.63, 3.8) is 0 Å². The van der Waals surface area contributed by atoms with Gasteiger partial charge >= 0.3 is 5.97 Å². The number of rotatable bonds is 8. The van der Waals surface area contributed by atoms with Crippen LogP contribution in [0.3, 0.4) is 0 Å². The number of hydrogen-bond acceptors (Lipinski definition) is 6. The van der Waals surface area contributed by atoms with E-state index in [0.717, 1.165) is 57.2 Å². The maximum atomic E-state index is 13.2. The SMILES string of the molecule is CCc1ccccc1NC(=O)COC(=O)c1cc(S(=O)(=O)N2CCCCC2)ccc1N1CCCC1. The highest BCUT2D eigenvalue weighted by atomic mass is 32.2. The zero-order chi connectivity index (χ0) is 24.8. The van der Waals surface area contributed by atoms with Gasteiger partial charge in [0.25, 0.3) is 5.91 Å². The highest BCUT2D eigenvalue weighted by molar-refractivity contribution is 7.89. The lowest BCUT2D eigenvalue weighted by molar-refractivity contribution is -0.119. The van der Waals surface area contributed by atoms with Gasteiger partial charge in [0.15, 0.2) is 6.61 Å². The largest absolute Gasteiger partial charge is 0.452 e. The van der Waals surface area contributed by atoms with Crippen LogP contribution in [0.1, 0.15) is 54.9 Å². The van der Waals surface area contributed by atoms with E-state index in [0.29, 0.717) is 24.5 Å². The van der Waals surface area contributed by atoms with Gasteiger partial charge in [-0.3, -0.25) is 4.79 Å². The average Bonchev–Trinajstić information content (AvgIpc) is 3.42. The zero-order valence-electron chi connectivity index (χ0n) is 20.2. The Kier molecular flexibility index (Phi) is 8.07. The molecule has 2 aliphatic rings. The minimum absolute atomic E-state index is 0.0793. The first kappa shape index (κ1) is 25.2. The maximum absolute atomic E-state index is 13.2. The van der Waals surface area contributed by atoms with Crippen molar-refractivity contribution in [2.24, 2.45) is 0 Å². The second kappa shape index (κ2) is 11.2. The van der Waals surface area contributed by atoms with Crippen molar-refractivity contribution < 1.29 is 22.7 Å². The number of sulfonamides is 1. The molecule has 2 saturated heterocycles. The summed E-state index contributed by atoms with van der Waals surface area (Å²) in [4.78, 5) is 27.7. The number of benzene rings is 2. The van der Waals surface area contributed by atoms with Gasteiger partial charge in [0, 0.05) is 31.9 Å². The molecular weight excluding hydrogens is 466 g/mol. The van der Waals surface area contributed by atoms with Crippen molar-refractivity contribution in [2.45, 2.75) is 50.3 Å². The summed E-state index contributed by atoms with van der Waals surface area (Å²) in [5.41, 5.74) is 2.48. The number of aryl methyl sites for hydroxylation is 1. The molecule has 2 aromatic rings. The Morgan fingerprint density at radius 3 is 2.34 bits per heavy atom. The molecule has 0 radical (unpaired) electrons. The van der Waals surface area contributed by atoms with Gasteiger partial charge in [-0.2, -0.15) is 4.31 Å². The molecule has 2 aliphatic heterocycles. The fourth-order valence-corrected chi connectivity index (χ4v) is 6.22. The summed E-state index contributed by atoms with van der Waals surface area (Å²) in [6, 6.07) is 12.1. The summed E-state index contributed by atoms with van der Waals surface area (Å²) in [6.45, 7) is 4.07. The van der Waals surface area contributed by atoms with Crippen LogP contribution in [0.5, 0.6) is 0 Å². The highest BCUT2D eigenvalue weighted by Gasteiger charge is 2.29. The van der Waals surface area contributed by atoms with Crippen LogP contribution >= 0.6 is 0 Å². The normalized spacial score (nSPS) is 16.8. The molecular formula is C26H33N3O5S. The zero-order valence-corrected chi connectivity index (χ0v) is 21.0. The van der Waals surface area contributed by atoms with E-state index in [-0.39, 0.29) is 10.5 Å². The van der Waals surface area contributed by atoms with Gasteiger partial charge in [-0.15, -0.1) is 0 Å². The number of esters is 1. The molecule has 0 bridgehead atoms. The van der Waals surface area contributed by atoms with Gasteiger partial charge in [0.1, 0.15) is 0 Å². The van der Waals surface area contributed by atoms with Gasteiger partial charge in [-0.05, 0) is 61.9 Å². The molecule has 35 heavy (non-hydrogen) atoms. The molecule has 4 rings (SSSR count). The van der Waals surface area contributed by atoms with Crippen LogP contribution in [-0.4, -0.2) is 57.4 Å². The summed E-state index contributed by atoms with van der Waals surface area (Å²) in [5, 5.41) is 2.79. The molecule has 8 nitrogen and oxygen atoms in total. The Balaban J connectivity index is 1.53. The van der Waals surface area contributed by atoms with Gasteiger partial charge < -0.3 is 15.0 Å². The van der Waals surface area contributed by atoms with Crippen molar-refractivity contribution in [3.8, 4) is 0 Å². The minimum Gasteiger partial charge on any atom is -0.452 e. The van der Waals surface area contributed by atoms with E-state index in [2.05, 4.69) is 10.2 Å². The van der Waals surface area contributed by atoms with Crippen LogP contribution in [0, 0.1) is 0 Å². The molecule has 188 valence electrons. The molecule has 0 saturated carbocycles. The van der Waals surface area contributed by atoms with Crippen molar-refractivity contribution in [1.29, 1.82) is 0 Å². The molecule has 9 heteroatoms. The number of para-hydroxylation sites is 1. The van der Waals surface area contributed by atoms with Crippen LogP contribution in [-0.2, 0) is 26.0 Å². The third-order valence-corrected chi connectivity index (χ3v) is 8.49. The Hall–Kier alpha value is -2.91. The number of amides is 1. The number of carbonyl (C=O) groups is 2. The first-order valence-corrected chi connectivity index (χ1v) is 13.8. The molecule has 1 amide bonds. The minimum atomic E-state index is -3.71. The Labute approximate surface area is 207 Å². The van der Waals surface area contributed by atoms with E-state index >= 15 is 0 Å². The summed E-state index contributed by atoms with van der Waals surface area (Å²) in [7, 11) is -3.71. The standard InChI is InChI=1S/C26H33N3O5S/c1-2-20-10-4-5-11-23(20)27-25(30)19-34-26(31)22-18-21(12-13-24(22)28-14-8-9-15-28)35(32,33)29-16-6-3-7-17-29/h4-5,10-13,18H,2-3,6-9,14-17,19H2,1H3,(H,27,30). The number of anilines is 2. The Bertz CT molecular complexity index is 1170. The van der Waals surface area contributed by atoms with Gasteiger partial charge in [-0.1, -0.05) is 31.5 Å². The molecule has 2 fully saturated rings. The van der Waals surface area contributed by atoms with Crippen molar-refractivity contribution in [1.82, 2.24) is 4.31 Å². The van der Waals surface area contributed by atoms with Gasteiger partial charge in [0.05, 0.1) is 16.1 Å². The first-order valence-electron chi connectivity index (χ1n) is 12.3. The molecule has 0 atom stereocenters. The predicted octanol–water partition coefficient (Wildman–Crippen LogP) is 3.82. The fraction of sp³-hybridized carbons (Fsp3) is 0.462.